The van der Waals surface area contributed by atoms with E-state index in [0.29, 0.717) is 19.0 Å². The number of carbonyl (C=O) groups is 1. The Morgan fingerprint density at radius 1 is 1.30 bits per heavy atom. The van der Waals surface area contributed by atoms with Gasteiger partial charge in [0.25, 0.3) is 0 Å². The molecule has 1 aliphatic rings. The molecule has 2 aromatic heterocycles. The maximum atomic E-state index is 12.4. The van der Waals surface area contributed by atoms with Crippen LogP contribution in [0.5, 0.6) is 0 Å². The number of nitrogens with zero attached hydrogens (tertiary/aromatic N) is 3. The lowest BCUT2D eigenvalue weighted by Gasteiger charge is -2.33. The number of nitrogens with one attached hydrogen (secondary N) is 1. The Morgan fingerprint density at radius 2 is 2.15 bits per heavy atom. The standard InChI is InChI=1S/C21H26N4OS/c1-16-6-4-5-9-24(16)14-18-8-3-2-7-17(18)13-22-20(26)12-19-15-25-10-11-27-21(25)23-19/h2-3,7-8,10-11,15-16H,4-6,9,12-14H2,1H3,(H,22,26). The van der Waals surface area contributed by atoms with Crippen molar-refractivity contribution in [3.63, 3.8) is 0 Å². The van der Waals surface area contributed by atoms with Crippen molar-refractivity contribution in [3.8, 4) is 0 Å². The van der Waals surface area contributed by atoms with Crippen molar-refractivity contribution in [3.05, 3.63) is 58.9 Å². The Morgan fingerprint density at radius 3 is 2.96 bits per heavy atom. The molecule has 0 aliphatic carbocycles. The lowest BCUT2D eigenvalue weighted by Crippen LogP contribution is -2.37. The molecular formula is C21H26N4OS. The summed E-state index contributed by atoms with van der Waals surface area (Å²) >= 11 is 1.58. The van der Waals surface area contributed by atoms with Crippen molar-refractivity contribution in [2.45, 2.75) is 51.7 Å². The molecule has 1 unspecified atom stereocenters. The molecule has 0 spiro atoms. The zero-order chi connectivity index (χ0) is 18.6. The largest absolute Gasteiger partial charge is 0.352 e. The van der Waals surface area contributed by atoms with Crippen molar-refractivity contribution in [2.24, 2.45) is 0 Å². The van der Waals surface area contributed by atoms with Crippen LogP contribution in [0.25, 0.3) is 4.96 Å². The number of aromatic nitrogens is 2. The average molecular weight is 383 g/mol. The number of likely N-dealkylation sites (tertiary alicyclic amines) is 1. The van der Waals surface area contributed by atoms with Gasteiger partial charge in [-0.3, -0.25) is 14.1 Å². The van der Waals surface area contributed by atoms with E-state index in [1.54, 1.807) is 11.3 Å². The topological polar surface area (TPSA) is 49.6 Å². The highest BCUT2D eigenvalue weighted by Crippen LogP contribution is 2.21. The predicted octanol–water partition coefficient (Wildman–Crippen LogP) is 3.63. The van der Waals surface area contributed by atoms with E-state index in [-0.39, 0.29) is 5.91 Å². The number of rotatable bonds is 6. The van der Waals surface area contributed by atoms with E-state index in [0.717, 1.165) is 17.2 Å². The van der Waals surface area contributed by atoms with Crippen LogP contribution in [0.4, 0.5) is 0 Å². The van der Waals surface area contributed by atoms with E-state index < -0.39 is 0 Å². The van der Waals surface area contributed by atoms with E-state index >= 15 is 0 Å². The van der Waals surface area contributed by atoms with E-state index in [1.807, 2.05) is 28.2 Å². The van der Waals surface area contributed by atoms with Crippen LogP contribution >= 0.6 is 11.3 Å². The van der Waals surface area contributed by atoms with Crippen molar-refractivity contribution in [2.75, 3.05) is 6.54 Å². The van der Waals surface area contributed by atoms with Crippen LogP contribution in [-0.4, -0.2) is 32.8 Å². The molecule has 1 fully saturated rings. The molecular weight excluding hydrogens is 356 g/mol. The van der Waals surface area contributed by atoms with Gasteiger partial charge in [-0.2, -0.15) is 0 Å². The molecule has 3 heterocycles. The third kappa shape index (κ3) is 4.39. The van der Waals surface area contributed by atoms with Crippen LogP contribution in [-0.2, 0) is 24.3 Å². The molecule has 1 saturated heterocycles. The first-order valence-corrected chi connectivity index (χ1v) is 10.6. The lowest BCUT2D eigenvalue weighted by molar-refractivity contribution is -0.120. The first-order chi connectivity index (χ1) is 13.2. The minimum Gasteiger partial charge on any atom is -0.352 e. The second-order valence-corrected chi connectivity index (χ2v) is 8.24. The van der Waals surface area contributed by atoms with E-state index in [1.165, 1.54) is 36.9 Å². The number of thiazole rings is 1. The van der Waals surface area contributed by atoms with Crippen LogP contribution in [0.15, 0.2) is 42.0 Å². The van der Waals surface area contributed by atoms with Gasteiger partial charge < -0.3 is 5.32 Å². The highest BCUT2D eigenvalue weighted by atomic mass is 32.1. The molecule has 0 saturated carbocycles. The number of hydrogen-bond donors (Lipinski definition) is 1. The minimum atomic E-state index is 0.0156. The summed E-state index contributed by atoms with van der Waals surface area (Å²) in [7, 11) is 0. The molecule has 3 aromatic rings. The van der Waals surface area contributed by atoms with Crippen LogP contribution in [0.1, 0.15) is 43.0 Å². The number of hydrogen-bond acceptors (Lipinski definition) is 4. The van der Waals surface area contributed by atoms with Crippen LogP contribution in [0.2, 0.25) is 0 Å². The molecule has 1 atom stereocenters. The Bertz CT molecular complexity index is 887. The summed E-state index contributed by atoms with van der Waals surface area (Å²) in [6, 6.07) is 9.08. The smallest absolute Gasteiger partial charge is 0.226 e. The van der Waals surface area contributed by atoms with Gasteiger partial charge in [-0.05, 0) is 37.4 Å². The number of benzene rings is 1. The summed E-state index contributed by atoms with van der Waals surface area (Å²) in [5.41, 5.74) is 3.33. The quantitative estimate of drug-likeness (QED) is 0.708. The zero-order valence-corrected chi connectivity index (χ0v) is 16.5. The molecule has 142 valence electrons. The minimum absolute atomic E-state index is 0.0156. The number of amides is 1. The SMILES string of the molecule is CC1CCCCN1Cc1ccccc1CNC(=O)Cc1cn2ccsc2n1. The zero-order valence-electron chi connectivity index (χ0n) is 15.7. The molecule has 1 aromatic carbocycles. The van der Waals surface area contributed by atoms with E-state index in [4.69, 9.17) is 0 Å². The lowest BCUT2D eigenvalue weighted by atomic mass is 10.0. The monoisotopic (exact) mass is 382 g/mol. The highest BCUT2D eigenvalue weighted by Gasteiger charge is 2.19. The summed E-state index contributed by atoms with van der Waals surface area (Å²) in [5, 5.41) is 5.06. The van der Waals surface area contributed by atoms with Crippen molar-refractivity contribution in [1.82, 2.24) is 19.6 Å². The second kappa shape index (κ2) is 8.23. The Hall–Kier alpha value is -2.18. The van der Waals surface area contributed by atoms with Gasteiger partial charge in [0, 0.05) is 36.9 Å². The summed E-state index contributed by atoms with van der Waals surface area (Å²) in [5.74, 6) is 0.0156. The number of carbonyl (C=O) groups excluding carboxylic acids is 1. The van der Waals surface area contributed by atoms with Gasteiger partial charge in [-0.15, -0.1) is 11.3 Å². The molecule has 27 heavy (non-hydrogen) atoms. The summed E-state index contributed by atoms with van der Waals surface area (Å²) in [4.78, 5) is 20.3. The Labute approximate surface area is 164 Å². The van der Waals surface area contributed by atoms with Crippen LogP contribution in [0.3, 0.4) is 0 Å². The maximum Gasteiger partial charge on any atom is 0.226 e. The number of fused-ring (bicyclic) bond motifs is 1. The molecule has 1 aliphatic heterocycles. The predicted molar refractivity (Wildman–Crippen MR) is 109 cm³/mol. The van der Waals surface area contributed by atoms with Gasteiger partial charge >= 0.3 is 0 Å². The third-order valence-electron chi connectivity index (χ3n) is 5.39. The summed E-state index contributed by atoms with van der Waals surface area (Å²) in [6.45, 7) is 5.02. The molecule has 5 nitrogen and oxygen atoms in total. The summed E-state index contributed by atoms with van der Waals surface area (Å²) < 4.78 is 1.96. The first kappa shape index (κ1) is 18.2. The van der Waals surface area contributed by atoms with Crippen LogP contribution < -0.4 is 5.32 Å². The molecule has 6 heteroatoms. The second-order valence-electron chi connectivity index (χ2n) is 7.36. The average Bonchev–Trinajstić information content (AvgIpc) is 3.24. The maximum absolute atomic E-state index is 12.4. The highest BCUT2D eigenvalue weighted by molar-refractivity contribution is 7.15. The van der Waals surface area contributed by atoms with Gasteiger partial charge in [-0.25, -0.2) is 4.98 Å². The molecule has 0 bridgehead atoms. The number of imidazole rings is 1. The van der Waals surface area contributed by atoms with Gasteiger partial charge in [-0.1, -0.05) is 30.7 Å². The fraction of sp³-hybridized carbons (Fsp3) is 0.429. The molecule has 1 N–H and O–H groups in total. The van der Waals surface area contributed by atoms with Crippen LogP contribution in [0, 0.1) is 0 Å². The molecule has 0 radical (unpaired) electrons. The normalized spacial score (nSPS) is 18.0. The van der Waals surface area contributed by atoms with Crippen molar-refractivity contribution in [1.29, 1.82) is 0 Å². The Balaban J connectivity index is 1.36. The van der Waals surface area contributed by atoms with Crippen molar-refractivity contribution >= 4 is 22.2 Å². The van der Waals surface area contributed by atoms with Gasteiger partial charge in [0.15, 0.2) is 4.96 Å². The van der Waals surface area contributed by atoms with E-state index in [2.05, 4.69) is 40.3 Å². The molecule has 4 rings (SSSR count). The third-order valence-corrected chi connectivity index (χ3v) is 6.16. The fourth-order valence-corrected chi connectivity index (χ4v) is 4.50. The van der Waals surface area contributed by atoms with Crippen molar-refractivity contribution < 1.29 is 4.79 Å². The van der Waals surface area contributed by atoms with E-state index in [9.17, 15) is 4.79 Å². The van der Waals surface area contributed by atoms with Gasteiger partial charge in [0.1, 0.15) is 0 Å². The van der Waals surface area contributed by atoms with Gasteiger partial charge in [0.05, 0.1) is 12.1 Å². The van der Waals surface area contributed by atoms with Gasteiger partial charge in [0.2, 0.25) is 5.91 Å². The molecule has 1 amide bonds. The fourth-order valence-electron chi connectivity index (χ4n) is 3.78. The first-order valence-electron chi connectivity index (χ1n) is 9.67. The Kier molecular flexibility index (Phi) is 5.55. The summed E-state index contributed by atoms with van der Waals surface area (Å²) in [6.07, 6.45) is 8.11. The number of piperidine rings is 1.